The minimum atomic E-state index is -5.01. The standard InChI is InChI=1S/C9H6F3N5O3/c10-9(11,12)20-7-5(15-8(18)19)1-2-6(16-7)17-4-13-3-14-17/h1-4,15H,(H,18,19). The molecule has 2 aromatic rings. The van der Waals surface area contributed by atoms with Crippen LogP contribution in [0, 0.1) is 0 Å². The van der Waals surface area contributed by atoms with E-state index in [0.717, 1.165) is 17.1 Å². The van der Waals surface area contributed by atoms with Crippen molar-refractivity contribution in [2.75, 3.05) is 5.32 Å². The van der Waals surface area contributed by atoms with Crippen LogP contribution < -0.4 is 10.1 Å². The lowest BCUT2D eigenvalue weighted by molar-refractivity contribution is -0.275. The van der Waals surface area contributed by atoms with Gasteiger partial charge in [0.1, 0.15) is 18.3 Å². The molecular weight excluding hydrogens is 283 g/mol. The van der Waals surface area contributed by atoms with Crippen LogP contribution in [0.15, 0.2) is 24.8 Å². The van der Waals surface area contributed by atoms with Crippen molar-refractivity contribution in [3.63, 3.8) is 0 Å². The Bertz CT molecular complexity index is 614. The number of aromatic nitrogens is 4. The number of carboxylic acid groups (broad SMARTS) is 1. The number of alkyl halides is 3. The summed E-state index contributed by atoms with van der Waals surface area (Å²) in [5.74, 6) is -0.953. The number of pyridine rings is 1. The molecule has 0 aliphatic heterocycles. The average Bonchev–Trinajstić information content (AvgIpc) is 2.82. The number of nitrogens with zero attached hydrogens (tertiary/aromatic N) is 4. The van der Waals surface area contributed by atoms with Gasteiger partial charge in [0.15, 0.2) is 5.82 Å². The summed E-state index contributed by atoms with van der Waals surface area (Å²) in [5, 5.41) is 14.0. The first kappa shape index (κ1) is 13.6. The van der Waals surface area contributed by atoms with Crippen LogP contribution in [0.2, 0.25) is 0 Å². The monoisotopic (exact) mass is 289 g/mol. The maximum atomic E-state index is 12.3. The summed E-state index contributed by atoms with van der Waals surface area (Å²) in [6.45, 7) is 0. The van der Waals surface area contributed by atoms with Crippen LogP contribution in [0.4, 0.5) is 23.7 Å². The maximum Gasteiger partial charge on any atom is 0.574 e. The van der Waals surface area contributed by atoms with Crippen molar-refractivity contribution in [2.24, 2.45) is 0 Å². The number of ether oxygens (including phenoxy) is 1. The molecule has 0 aliphatic carbocycles. The predicted octanol–water partition coefficient (Wildman–Crippen LogP) is 1.65. The normalized spacial score (nSPS) is 11.2. The van der Waals surface area contributed by atoms with Crippen LogP contribution in [-0.4, -0.2) is 37.3 Å². The lowest BCUT2D eigenvalue weighted by Gasteiger charge is -2.12. The Balaban J connectivity index is 2.41. The second-order valence-corrected chi connectivity index (χ2v) is 3.34. The first-order chi connectivity index (χ1) is 9.35. The summed E-state index contributed by atoms with van der Waals surface area (Å²) in [4.78, 5) is 17.7. The van der Waals surface area contributed by atoms with Crippen LogP contribution in [0.3, 0.4) is 0 Å². The summed E-state index contributed by atoms with van der Waals surface area (Å²) in [6.07, 6.45) is -4.19. The molecule has 0 fully saturated rings. The molecule has 20 heavy (non-hydrogen) atoms. The van der Waals surface area contributed by atoms with Gasteiger partial charge in [0, 0.05) is 0 Å². The highest BCUT2D eigenvalue weighted by molar-refractivity contribution is 5.84. The molecule has 0 unspecified atom stereocenters. The molecule has 106 valence electrons. The van der Waals surface area contributed by atoms with Gasteiger partial charge in [-0.3, -0.25) is 5.32 Å². The minimum Gasteiger partial charge on any atom is -0.465 e. The molecule has 1 amide bonds. The Hall–Kier alpha value is -2.85. The van der Waals surface area contributed by atoms with Crippen LogP contribution in [-0.2, 0) is 0 Å². The molecule has 2 aromatic heterocycles. The number of rotatable bonds is 3. The van der Waals surface area contributed by atoms with Gasteiger partial charge in [0.05, 0.1) is 0 Å². The number of anilines is 1. The third-order valence-corrected chi connectivity index (χ3v) is 1.95. The third kappa shape index (κ3) is 3.34. The third-order valence-electron chi connectivity index (χ3n) is 1.95. The molecule has 11 heteroatoms. The van der Waals surface area contributed by atoms with E-state index >= 15 is 0 Å². The van der Waals surface area contributed by atoms with Crippen molar-refractivity contribution in [2.45, 2.75) is 6.36 Å². The Morgan fingerprint density at radius 2 is 2.15 bits per heavy atom. The van der Waals surface area contributed by atoms with E-state index in [2.05, 4.69) is 19.8 Å². The molecule has 0 radical (unpaired) electrons. The van der Waals surface area contributed by atoms with Crippen molar-refractivity contribution < 1.29 is 27.8 Å². The lowest BCUT2D eigenvalue weighted by atomic mass is 10.4. The minimum absolute atomic E-state index is 0.0160. The highest BCUT2D eigenvalue weighted by atomic mass is 19.4. The molecule has 0 saturated carbocycles. The van der Waals surface area contributed by atoms with E-state index in [9.17, 15) is 18.0 Å². The van der Waals surface area contributed by atoms with E-state index in [4.69, 9.17) is 5.11 Å². The molecule has 2 N–H and O–H groups in total. The molecule has 8 nitrogen and oxygen atoms in total. The van der Waals surface area contributed by atoms with Gasteiger partial charge in [-0.25, -0.2) is 14.5 Å². The van der Waals surface area contributed by atoms with Gasteiger partial charge in [-0.05, 0) is 12.1 Å². The molecule has 0 atom stereocenters. The highest BCUT2D eigenvalue weighted by Gasteiger charge is 2.33. The van der Waals surface area contributed by atoms with E-state index in [-0.39, 0.29) is 5.82 Å². The predicted molar refractivity (Wildman–Crippen MR) is 57.5 cm³/mol. The summed E-state index contributed by atoms with van der Waals surface area (Å²) in [5.41, 5.74) is -0.446. The largest absolute Gasteiger partial charge is 0.574 e. The highest BCUT2D eigenvalue weighted by Crippen LogP contribution is 2.29. The quantitative estimate of drug-likeness (QED) is 0.890. The fraction of sp³-hybridized carbons (Fsp3) is 0.111. The number of carbonyl (C=O) groups is 1. The molecule has 0 aromatic carbocycles. The van der Waals surface area contributed by atoms with Crippen molar-refractivity contribution >= 4 is 11.8 Å². The molecule has 2 rings (SSSR count). The van der Waals surface area contributed by atoms with Crippen LogP contribution >= 0.6 is 0 Å². The Morgan fingerprint density at radius 1 is 1.40 bits per heavy atom. The summed E-state index contributed by atoms with van der Waals surface area (Å²) >= 11 is 0. The van der Waals surface area contributed by atoms with Crippen molar-refractivity contribution in [1.29, 1.82) is 0 Å². The van der Waals surface area contributed by atoms with E-state index in [0.29, 0.717) is 0 Å². The van der Waals surface area contributed by atoms with Crippen molar-refractivity contribution in [3.05, 3.63) is 24.8 Å². The lowest BCUT2D eigenvalue weighted by Crippen LogP contribution is -2.20. The number of amides is 1. The first-order valence-corrected chi connectivity index (χ1v) is 4.97. The topological polar surface area (TPSA) is 102 Å². The van der Waals surface area contributed by atoms with Gasteiger partial charge in [-0.1, -0.05) is 0 Å². The fourth-order valence-electron chi connectivity index (χ4n) is 1.28. The number of hydrogen-bond acceptors (Lipinski definition) is 5. The van der Waals surface area contributed by atoms with Crippen LogP contribution in [0.1, 0.15) is 0 Å². The summed E-state index contributed by atoms with van der Waals surface area (Å²) in [6, 6.07) is 2.32. The van der Waals surface area contributed by atoms with E-state index < -0.39 is 24.0 Å². The van der Waals surface area contributed by atoms with E-state index in [1.165, 1.54) is 12.4 Å². The Kier molecular flexibility index (Phi) is 3.41. The van der Waals surface area contributed by atoms with E-state index in [1.807, 2.05) is 0 Å². The zero-order valence-corrected chi connectivity index (χ0v) is 9.50. The van der Waals surface area contributed by atoms with Gasteiger partial charge in [0.2, 0.25) is 5.88 Å². The number of nitrogens with one attached hydrogen (secondary N) is 1. The Labute approximate surface area is 108 Å². The molecule has 0 bridgehead atoms. The van der Waals surface area contributed by atoms with Gasteiger partial charge >= 0.3 is 12.5 Å². The van der Waals surface area contributed by atoms with Gasteiger partial charge in [-0.15, -0.1) is 13.2 Å². The summed E-state index contributed by atoms with van der Waals surface area (Å²) < 4.78 is 41.5. The fourth-order valence-corrected chi connectivity index (χ4v) is 1.28. The number of halogens is 3. The Morgan fingerprint density at radius 3 is 2.70 bits per heavy atom. The average molecular weight is 289 g/mol. The SMILES string of the molecule is O=C(O)Nc1ccc(-n2cncn2)nc1OC(F)(F)F. The molecular formula is C9H6F3N5O3. The van der Waals surface area contributed by atoms with E-state index in [1.54, 1.807) is 5.32 Å². The zero-order valence-electron chi connectivity index (χ0n) is 9.50. The summed E-state index contributed by atoms with van der Waals surface area (Å²) in [7, 11) is 0. The zero-order chi connectivity index (χ0) is 14.8. The van der Waals surface area contributed by atoms with Gasteiger partial charge < -0.3 is 9.84 Å². The van der Waals surface area contributed by atoms with Gasteiger partial charge in [0.25, 0.3) is 0 Å². The number of hydrogen-bond donors (Lipinski definition) is 2. The van der Waals surface area contributed by atoms with Gasteiger partial charge in [-0.2, -0.15) is 10.1 Å². The first-order valence-electron chi connectivity index (χ1n) is 4.97. The molecule has 0 spiro atoms. The molecule has 0 saturated heterocycles. The second-order valence-electron chi connectivity index (χ2n) is 3.34. The van der Waals surface area contributed by atoms with Crippen LogP contribution in [0.25, 0.3) is 5.82 Å². The molecule has 0 aliphatic rings. The second kappa shape index (κ2) is 5.03. The maximum absolute atomic E-state index is 12.3. The van der Waals surface area contributed by atoms with Crippen LogP contribution in [0.5, 0.6) is 5.88 Å². The smallest absolute Gasteiger partial charge is 0.465 e. The van der Waals surface area contributed by atoms with Crippen molar-refractivity contribution in [3.8, 4) is 11.7 Å². The van der Waals surface area contributed by atoms with Crippen molar-refractivity contribution in [1.82, 2.24) is 19.7 Å². The molecule has 2 heterocycles.